The lowest BCUT2D eigenvalue weighted by Gasteiger charge is -2.24. The van der Waals surface area contributed by atoms with Crippen LogP contribution in [0.25, 0.3) is 11.1 Å². The van der Waals surface area contributed by atoms with Crippen molar-refractivity contribution < 1.29 is 9.53 Å². The van der Waals surface area contributed by atoms with Crippen molar-refractivity contribution in [3.63, 3.8) is 0 Å². The van der Waals surface area contributed by atoms with Crippen LogP contribution >= 0.6 is 0 Å². The van der Waals surface area contributed by atoms with Crippen LogP contribution in [0.5, 0.6) is 0 Å². The van der Waals surface area contributed by atoms with Crippen molar-refractivity contribution >= 4 is 5.97 Å². The van der Waals surface area contributed by atoms with Crippen molar-refractivity contribution in [3.8, 4) is 17.2 Å². The third-order valence-electron chi connectivity index (χ3n) is 4.77. The van der Waals surface area contributed by atoms with Gasteiger partial charge in [0.25, 0.3) is 0 Å². The standard InChI is InChI=1S/C25H24N2O2/c1-25(2,24(28)29-18-20-8-4-3-5-9-20)27-17-19-12-14-21(15-13-19)23-11-7-6-10-22(23)16-26/h3-15,27H,17-18H2,1-2H3. The summed E-state index contributed by atoms with van der Waals surface area (Å²) in [7, 11) is 0. The van der Waals surface area contributed by atoms with Crippen molar-refractivity contribution in [2.24, 2.45) is 0 Å². The van der Waals surface area contributed by atoms with Crippen LogP contribution in [0.3, 0.4) is 0 Å². The molecule has 3 aromatic rings. The molecule has 0 saturated carbocycles. The fourth-order valence-corrected chi connectivity index (χ4v) is 2.93. The van der Waals surface area contributed by atoms with Crippen molar-refractivity contribution in [3.05, 3.63) is 95.6 Å². The van der Waals surface area contributed by atoms with Crippen LogP contribution in [0.15, 0.2) is 78.9 Å². The molecule has 146 valence electrons. The molecule has 3 aromatic carbocycles. The molecule has 29 heavy (non-hydrogen) atoms. The highest BCUT2D eigenvalue weighted by atomic mass is 16.5. The van der Waals surface area contributed by atoms with Gasteiger partial charge in [0.05, 0.1) is 11.6 Å². The summed E-state index contributed by atoms with van der Waals surface area (Å²) >= 11 is 0. The predicted molar refractivity (Wildman–Crippen MR) is 114 cm³/mol. The molecule has 0 bridgehead atoms. The summed E-state index contributed by atoms with van der Waals surface area (Å²) in [6.45, 7) is 4.43. The maximum Gasteiger partial charge on any atom is 0.326 e. The number of hydrogen-bond donors (Lipinski definition) is 1. The Kier molecular flexibility index (Phi) is 6.43. The Bertz CT molecular complexity index is 1000. The molecule has 0 aliphatic carbocycles. The van der Waals surface area contributed by atoms with E-state index in [1.165, 1.54) is 0 Å². The number of nitriles is 1. The molecular formula is C25H24N2O2. The molecule has 3 rings (SSSR count). The summed E-state index contributed by atoms with van der Waals surface area (Å²) in [6.07, 6.45) is 0. The van der Waals surface area contributed by atoms with E-state index in [1.54, 1.807) is 0 Å². The van der Waals surface area contributed by atoms with Gasteiger partial charge in [0, 0.05) is 6.54 Å². The lowest BCUT2D eigenvalue weighted by atomic mass is 9.99. The minimum Gasteiger partial charge on any atom is -0.459 e. The minimum absolute atomic E-state index is 0.262. The van der Waals surface area contributed by atoms with Crippen LogP contribution in [-0.2, 0) is 22.7 Å². The van der Waals surface area contributed by atoms with Crippen molar-refractivity contribution in [1.82, 2.24) is 5.32 Å². The molecule has 4 nitrogen and oxygen atoms in total. The number of carbonyl (C=O) groups excluding carboxylic acids is 1. The molecule has 0 atom stereocenters. The second-order valence-corrected chi connectivity index (χ2v) is 7.39. The minimum atomic E-state index is -0.805. The van der Waals surface area contributed by atoms with Gasteiger partial charge in [0.15, 0.2) is 0 Å². The fraction of sp³-hybridized carbons (Fsp3) is 0.200. The number of benzene rings is 3. The SMILES string of the molecule is CC(C)(NCc1ccc(-c2ccccc2C#N)cc1)C(=O)OCc1ccccc1. The van der Waals surface area contributed by atoms with E-state index in [0.29, 0.717) is 12.1 Å². The average Bonchev–Trinajstić information content (AvgIpc) is 2.77. The fourth-order valence-electron chi connectivity index (χ4n) is 2.93. The van der Waals surface area contributed by atoms with Gasteiger partial charge in [-0.25, -0.2) is 0 Å². The van der Waals surface area contributed by atoms with E-state index in [4.69, 9.17) is 4.74 Å². The Hall–Kier alpha value is -3.42. The second-order valence-electron chi connectivity index (χ2n) is 7.39. The van der Waals surface area contributed by atoms with Crippen LogP contribution in [-0.4, -0.2) is 11.5 Å². The van der Waals surface area contributed by atoms with Gasteiger partial charge in [0.2, 0.25) is 0 Å². The van der Waals surface area contributed by atoms with E-state index in [9.17, 15) is 10.1 Å². The zero-order chi connectivity index (χ0) is 20.7. The molecule has 0 aromatic heterocycles. The molecule has 0 amide bonds. The van der Waals surface area contributed by atoms with Crippen molar-refractivity contribution in [2.45, 2.75) is 32.5 Å². The van der Waals surface area contributed by atoms with Gasteiger partial charge < -0.3 is 4.74 Å². The van der Waals surface area contributed by atoms with E-state index < -0.39 is 5.54 Å². The molecule has 0 fully saturated rings. The van der Waals surface area contributed by atoms with Crippen LogP contribution in [0.2, 0.25) is 0 Å². The van der Waals surface area contributed by atoms with Gasteiger partial charge in [-0.3, -0.25) is 10.1 Å². The Morgan fingerprint density at radius 3 is 2.28 bits per heavy atom. The Morgan fingerprint density at radius 2 is 1.59 bits per heavy atom. The molecule has 4 heteroatoms. The molecule has 0 spiro atoms. The average molecular weight is 384 g/mol. The Labute approximate surface area is 171 Å². The van der Waals surface area contributed by atoms with E-state index in [0.717, 1.165) is 22.3 Å². The molecule has 0 radical (unpaired) electrons. The van der Waals surface area contributed by atoms with Gasteiger partial charge in [0.1, 0.15) is 12.1 Å². The first-order valence-corrected chi connectivity index (χ1v) is 9.54. The highest BCUT2D eigenvalue weighted by Crippen LogP contribution is 2.23. The van der Waals surface area contributed by atoms with Gasteiger partial charge in [-0.2, -0.15) is 5.26 Å². The number of rotatable bonds is 7. The van der Waals surface area contributed by atoms with Crippen LogP contribution in [0.4, 0.5) is 0 Å². The first kappa shape index (κ1) is 20.3. The van der Waals surface area contributed by atoms with Crippen molar-refractivity contribution in [2.75, 3.05) is 0 Å². The molecule has 0 heterocycles. The Balaban J connectivity index is 1.58. The first-order valence-electron chi connectivity index (χ1n) is 9.54. The molecule has 0 unspecified atom stereocenters. The summed E-state index contributed by atoms with van der Waals surface area (Å²) in [5.41, 5.74) is 3.77. The van der Waals surface area contributed by atoms with Gasteiger partial charge in [-0.15, -0.1) is 0 Å². The number of esters is 1. The number of nitrogens with zero attached hydrogens (tertiary/aromatic N) is 1. The lowest BCUT2D eigenvalue weighted by molar-refractivity contribution is -0.151. The van der Waals surface area contributed by atoms with Crippen LogP contribution < -0.4 is 5.32 Å². The van der Waals surface area contributed by atoms with Gasteiger partial charge in [-0.1, -0.05) is 72.8 Å². The zero-order valence-electron chi connectivity index (χ0n) is 16.7. The molecule has 0 saturated heterocycles. The van der Waals surface area contributed by atoms with E-state index >= 15 is 0 Å². The first-order chi connectivity index (χ1) is 14.0. The summed E-state index contributed by atoms with van der Waals surface area (Å²) in [6, 6.07) is 27.4. The van der Waals surface area contributed by atoms with E-state index in [-0.39, 0.29) is 12.6 Å². The summed E-state index contributed by atoms with van der Waals surface area (Å²) in [5, 5.41) is 12.5. The number of nitrogens with one attached hydrogen (secondary N) is 1. The number of carbonyl (C=O) groups is 1. The molecule has 0 aliphatic heterocycles. The maximum atomic E-state index is 12.5. The molecular weight excluding hydrogens is 360 g/mol. The van der Waals surface area contributed by atoms with Crippen LogP contribution in [0, 0.1) is 11.3 Å². The van der Waals surface area contributed by atoms with Gasteiger partial charge >= 0.3 is 5.97 Å². The molecule has 1 N–H and O–H groups in total. The third-order valence-corrected chi connectivity index (χ3v) is 4.77. The zero-order valence-corrected chi connectivity index (χ0v) is 16.7. The van der Waals surface area contributed by atoms with E-state index in [1.807, 2.05) is 92.7 Å². The van der Waals surface area contributed by atoms with Gasteiger partial charge in [-0.05, 0) is 42.2 Å². The lowest BCUT2D eigenvalue weighted by Crippen LogP contribution is -2.47. The largest absolute Gasteiger partial charge is 0.459 e. The topological polar surface area (TPSA) is 62.1 Å². The smallest absolute Gasteiger partial charge is 0.326 e. The number of ether oxygens (including phenoxy) is 1. The summed E-state index contributed by atoms with van der Waals surface area (Å²) < 4.78 is 5.45. The highest BCUT2D eigenvalue weighted by molar-refractivity contribution is 5.79. The normalized spacial score (nSPS) is 10.9. The Morgan fingerprint density at radius 1 is 0.931 bits per heavy atom. The second kappa shape index (κ2) is 9.18. The van der Waals surface area contributed by atoms with E-state index in [2.05, 4.69) is 11.4 Å². The quantitative estimate of drug-likeness (QED) is 0.592. The summed E-state index contributed by atoms with van der Waals surface area (Å²) in [4.78, 5) is 12.5. The van der Waals surface area contributed by atoms with Crippen molar-refractivity contribution in [1.29, 1.82) is 5.26 Å². The monoisotopic (exact) mass is 384 g/mol. The predicted octanol–water partition coefficient (Wildman–Crippen LogP) is 4.84. The highest BCUT2D eigenvalue weighted by Gasteiger charge is 2.28. The number of hydrogen-bond acceptors (Lipinski definition) is 4. The summed E-state index contributed by atoms with van der Waals surface area (Å²) in [5.74, 6) is -0.291. The van der Waals surface area contributed by atoms with Crippen LogP contribution in [0.1, 0.15) is 30.5 Å². The maximum absolute atomic E-state index is 12.5. The third kappa shape index (κ3) is 5.31. The molecule has 0 aliphatic rings.